The van der Waals surface area contributed by atoms with Gasteiger partial charge in [0.25, 0.3) is 0 Å². The predicted octanol–water partition coefficient (Wildman–Crippen LogP) is 3.26. The van der Waals surface area contributed by atoms with Gasteiger partial charge in [-0.1, -0.05) is 38.1 Å². The highest BCUT2D eigenvalue weighted by Gasteiger charge is 2.32. The van der Waals surface area contributed by atoms with Gasteiger partial charge < -0.3 is 20.1 Å². The van der Waals surface area contributed by atoms with Gasteiger partial charge in [0.15, 0.2) is 0 Å². The Hall–Kier alpha value is -1.59. The maximum atomic E-state index is 12.7. The molecule has 2 amide bonds. The zero-order valence-electron chi connectivity index (χ0n) is 16.1. The Morgan fingerprint density at radius 2 is 2.12 bits per heavy atom. The molecule has 25 heavy (non-hydrogen) atoms. The van der Waals surface area contributed by atoms with Crippen molar-refractivity contribution < 1.29 is 14.6 Å². The number of ether oxygens (including phenoxy) is 1. The van der Waals surface area contributed by atoms with Gasteiger partial charge in [0.2, 0.25) is 0 Å². The molecule has 1 aliphatic rings. The lowest BCUT2D eigenvalue weighted by molar-refractivity contribution is -0.0433. The summed E-state index contributed by atoms with van der Waals surface area (Å²) in [5, 5.41) is 12.6. The molecule has 1 fully saturated rings. The smallest absolute Gasteiger partial charge is 0.317 e. The van der Waals surface area contributed by atoms with Crippen LogP contribution in [-0.4, -0.2) is 47.9 Å². The molecule has 2 rings (SSSR count). The van der Waals surface area contributed by atoms with E-state index in [4.69, 9.17) is 4.74 Å². The van der Waals surface area contributed by atoms with Gasteiger partial charge in [-0.15, -0.1) is 0 Å². The van der Waals surface area contributed by atoms with Crippen molar-refractivity contribution in [3.63, 3.8) is 0 Å². The Balaban J connectivity index is 1.99. The molecule has 0 aromatic heterocycles. The molecule has 1 saturated heterocycles. The first-order valence-electron chi connectivity index (χ1n) is 9.09. The average molecular weight is 348 g/mol. The van der Waals surface area contributed by atoms with E-state index in [0.29, 0.717) is 26.1 Å². The van der Waals surface area contributed by atoms with Crippen LogP contribution in [0.4, 0.5) is 4.79 Å². The summed E-state index contributed by atoms with van der Waals surface area (Å²) >= 11 is 0. The molecule has 0 saturated carbocycles. The number of rotatable bonds is 5. The van der Waals surface area contributed by atoms with Crippen LogP contribution in [0.2, 0.25) is 0 Å². The number of carbonyl (C=O) groups excluding carboxylic acids is 1. The summed E-state index contributed by atoms with van der Waals surface area (Å²) in [6.07, 6.45) is 0.186. The van der Waals surface area contributed by atoms with Crippen LogP contribution in [0.25, 0.3) is 0 Å². The summed E-state index contributed by atoms with van der Waals surface area (Å²) < 4.78 is 5.98. The standard InChI is InChI=1S/C20H32N2O3/c1-14-8-6-7-9-17(14)18-11-22(15(2)12-25-18)19(24)21-13-20(4,5)10-16(3)23/h6-9,15-16,18,23H,10-13H2,1-5H3,(H,21,24). The van der Waals surface area contributed by atoms with Crippen LogP contribution in [0, 0.1) is 12.3 Å². The highest BCUT2D eigenvalue weighted by molar-refractivity contribution is 5.74. The molecule has 0 spiro atoms. The van der Waals surface area contributed by atoms with Crippen molar-refractivity contribution in [3.05, 3.63) is 35.4 Å². The molecule has 140 valence electrons. The summed E-state index contributed by atoms with van der Waals surface area (Å²) in [6, 6.07) is 8.14. The SMILES string of the molecule is Cc1ccccc1C1CN(C(=O)NCC(C)(C)CC(C)O)C(C)CO1. The Kier molecular flexibility index (Phi) is 6.47. The second-order valence-corrected chi connectivity index (χ2v) is 8.06. The van der Waals surface area contributed by atoms with E-state index >= 15 is 0 Å². The topological polar surface area (TPSA) is 61.8 Å². The fourth-order valence-corrected chi connectivity index (χ4v) is 3.46. The minimum Gasteiger partial charge on any atom is -0.393 e. The third-order valence-corrected chi connectivity index (χ3v) is 4.80. The van der Waals surface area contributed by atoms with Crippen molar-refractivity contribution in [3.8, 4) is 0 Å². The quantitative estimate of drug-likeness (QED) is 0.858. The van der Waals surface area contributed by atoms with Crippen molar-refractivity contribution in [2.45, 2.75) is 59.3 Å². The van der Waals surface area contributed by atoms with Gasteiger partial charge in [0.1, 0.15) is 6.10 Å². The number of nitrogens with zero attached hydrogens (tertiary/aromatic N) is 1. The van der Waals surface area contributed by atoms with E-state index in [-0.39, 0.29) is 29.7 Å². The van der Waals surface area contributed by atoms with Crippen LogP contribution in [0.1, 0.15) is 51.3 Å². The van der Waals surface area contributed by atoms with Crippen LogP contribution >= 0.6 is 0 Å². The molecule has 5 nitrogen and oxygen atoms in total. The molecule has 0 bridgehead atoms. The molecular formula is C20H32N2O3. The van der Waals surface area contributed by atoms with Crippen LogP contribution in [0.15, 0.2) is 24.3 Å². The molecule has 3 unspecified atom stereocenters. The molecule has 3 atom stereocenters. The van der Waals surface area contributed by atoms with E-state index in [1.165, 1.54) is 5.56 Å². The van der Waals surface area contributed by atoms with Crippen molar-refractivity contribution in [2.75, 3.05) is 19.7 Å². The van der Waals surface area contributed by atoms with Gasteiger partial charge in [0, 0.05) is 6.54 Å². The number of amides is 2. The van der Waals surface area contributed by atoms with E-state index in [1.54, 1.807) is 6.92 Å². The van der Waals surface area contributed by atoms with E-state index in [9.17, 15) is 9.90 Å². The first-order chi connectivity index (χ1) is 11.7. The fraction of sp³-hybridized carbons (Fsp3) is 0.650. The van der Waals surface area contributed by atoms with Crippen molar-refractivity contribution in [1.29, 1.82) is 0 Å². The van der Waals surface area contributed by atoms with E-state index < -0.39 is 0 Å². The summed E-state index contributed by atoms with van der Waals surface area (Å²) in [5.41, 5.74) is 2.18. The van der Waals surface area contributed by atoms with Gasteiger partial charge >= 0.3 is 6.03 Å². The first-order valence-corrected chi connectivity index (χ1v) is 9.09. The van der Waals surface area contributed by atoms with Gasteiger partial charge in [0.05, 0.1) is 25.3 Å². The van der Waals surface area contributed by atoms with Gasteiger partial charge in [-0.05, 0) is 43.7 Å². The van der Waals surface area contributed by atoms with Crippen molar-refractivity contribution in [1.82, 2.24) is 10.2 Å². The number of aliphatic hydroxyl groups excluding tert-OH is 1. The molecule has 0 aliphatic carbocycles. The molecular weight excluding hydrogens is 316 g/mol. The molecule has 0 radical (unpaired) electrons. The number of benzene rings is 1. The maximum absolute atomic E-state index is 12.7. The second-order valence-electron chi connectivity index (χ2n) is 8.06. The molecule has 5 heteroatoms. The number of hydrogen-bond donors (Lipinski definition) is 2. The zero-order valence-corrected chi connectivity index (χ0v) is 16.1. The van der Waals surface area contributed by atoms with Crippen LogP contribution < -0.4 is 5.32 Å². The van der Waals surface area contributed by atoms with Crippen molar-refractivity contribution >= 4 is 6.03 Å². The number of hydrogen-bond acceptors (Lipinski definition) is 3. The molecule has 2 N–H and O–H groups in total. The average Bonchev–Trinajstić information content (AvgIpc) is 2.53. The van der Waals surface area contributed by atoms with Gasteiger partial charge in [-0.2, -0.15) is 0 Å². The lowest BCUT2D eigenvalue weighted by Gasteiger charge is -2.39. The largest absolute Gasteiger partial charge is 0.393 e. The van der Waals surface area contributed by atoms with E-state index in [1.807, 2.05) is 24.0 Å². The number of aliphatic hydroxyl groups is 1. The summed E-state index contributed by atoms with van der Waals surface area (Å²) in [4.78, 5) is 14.6. The highest BCUT2D eigenvalue weighted by atomic mass is 16.5. The normalized spacial score (nSPS) is 22.6. The highest BCUT2D eigenvalue weighted by Crippen LogP contribution is 2.27. The minimum absolute atomic E-state index is 0.0418. The second kappa shape index (κ2) is 8.19. The maximum Gasteiger partial charge on any atom is 0.317 e. The van der Waals surface area contributed by atoms with Gasteiger partial charge in [-0.3, -0.25) is 0 Å². The third kappa shape index (κ3) is 5.44. The van der Waals surface area contributed by atoms with Crippen LogP contribution in [0.3, 0.4) is 0 Å². The zero-order chi connectivity index (χ0) is 18.6. The van der Waals surface area contributed by atoms with Crippen LogP contribution in [-0.2, 0) is 4.74 Å². The molecule has 1 aromatic carbocycles. The summed E-state index contributed by atoms with van der Waals surface area (Å²) in [5.74, 6) is 0. The van der Waals surface area contributed by atoms with E-state index in [2.05, 4.69) is 38.2 Å². The molecule has 1 aliphatic heterocycles. The third-order valence-electron chi connectivity index (χ3n) is 4.80. The Morgan fingerprint density at radius 1 is 1.44 bits per heavy atom. The fourth-order valence-electron chi connectivity index (χ4n) is 3.46. The Bertz CT molecular complexity index is 586. The molecule has 1 heterocycles. The lowest BCUT2D eigenvalue weighted by Crippen LogP contribution is -2.53. The lowest BCUT2D eigenvalue weighted by atomic mass is 9.87. The number of nitrogens with one attached hydrogen (secondary N) is 1. The predicted molar refractivity (Wildman–Crippen MR) is 99.5 cm³/mol. The van der Waals surface area contributed by atoms with Crippen molar-refractivity contribution in [2.24, 2.45) is 5.41 Å². The summed E-state index contributed by atoms with van der Waals surface area (Å²) in [6.45, 7) is 11.6. The number of morpholine rings is 1. The Morgan fingerprint density at radius 3 is 2.76 bits per heavy atom. The minimum atomic E-state index is -0.375. The first kappa shape index (κ1) is 19.7. The number of carbonyl (C=O) groups is 1. The summed E-state index contributed by atoms with van der Waals surface area (Å²) in [7, 11) is 0. The number of urea groups is 1. The monoisotopic (exact) mass is 348 g/mol. The Labute approximate surface area is 151 Å². The molecule has 1 aromatic rings. The van der Waals surface area contributed by atoms with E-state index in [0.717, 1.165) is 5.56 Å². The number of aryl methyl sites for hydroxylation is 1. The van der Waals surface area contributed by atoms with Crippen LogP contribution in [0.5, 0.6) is 0 Å². The van der Waals surface area contributed by atoms with Gasteiger partial charge in [-0.25, -0.2) is 4.79 Å².